The van der Waals surface area contributed by atoms with Crippen LogP contribution in [-0.2, 0) is 0 Å². The molecule has 0 radical (unpaired) electrons. The number of nitrogens with zero attached hydrogens (tertiary/aromatic N) is 3. The predicted octanol–water partition coefficient (Wildman–Crippen LogP) is 2.07. The summed E-state index contributed by atoms with van der Waals surface area (Å²) in [6, 6.07) is 19.3. The van der Waals surface area contributed by atoms with Crippen LogP contribution in [0.2, 0.25) is 0 Å². The number of carbonyl (C=O) groups is 1. The number of hydrogen-bond acceptors (Lipinski definition) is 7. The maximum atomic E-state index is 12.7. The van der Waals surface area contributed by atoms with Crippen molar-refractivity contribution >= 4 is 17.3 Å². The summed E-state index contributed by atoms with van der Waals surface area (Å²) in [4.78, 5) is 22.3. The number of benzene rings is 2. The lowest BCUT2D eigenvalue weighted by atomic mass is 10.3. The van der Waals surface area contributed by atoms with E-state index in [1.807, 2.05) is 60.7 Å². The Morgan fingerprint density at radius 1 is 0.815 bits per heavy atom. The second-order valence-electron chi connectivity index (χ2n) is 5.59. The molecule has 0 aliphatic rings. The zero-order valence-electron chi connectivity index (χ0n) is 14.7. The number of hydrazine groups is 2. The minimum Gasteiger partial charge on any atom is -0.320 e. The Bertz CT molecular complexity index is 770. The Hall–Kier alpha value is -3.49. The van der Waals surface area contributed by atoms with Crippen LogP contribution < -0.4 is 21.7 Å². The van der Waals surface area contributed by atoms with Crippen molar-refractivity contribution in [3.05, 3.63) is 84.9 Å². The van der Waals surface area contributed by atoms with Gasteiger partial charge in [0, 0.05) is 23.8 Å². The summed E-state index contributed by atoms with van der Waals surface area (Å²) >= 11 is 0. The van der Waals surface area contributed by atoms with E-state index >= 15 is 0 Å². The van der Waals surface area contributed by atoms with Gasteiger partial charge in [-0.1, -0.05) is 36.4 Å². The first-order chi connectivity index (χ1) is 13.3. The lowest BCUT2D eigenvalue weighted by Crippen LogP contribution is -2.47. The molecule has 3 rings (SSSR count). The lowest BCUT2D eigenvalue weighted by molar-refractivity contribution is 0.0729. The van der Waals surface area contributed by atoms with Gasteiger partial charge in [-0.25, -0.2) is 15.8 Å². The summed E-state index contributed by atoms with van der Waals surface area (Å²) in [6.07, 6.45) is 4.48. The molecule has 1 aromatic heterocycles. The molecule has 0 aliphatic heterocycles. The molecule has 0 bridgehead atoms. The van der Waals surface area contributed by atoms with Crippen LogP contribution in [0.1, 0.15) is 10.5 Å². The fourth-order valence-electron chi connectivity index (χ4n) is 2.29. The molecular formula is C19H21N7O. The molecule has 138 valence electrons. The van der Waals surface area contributed by atoms with Gasteiger partial charge in [0.05, 0.1) is 19.5 Å². The van der Waals surface area contributed by atoms with Crippen LogP contribution >= 0.6 is 0 Å². The van der Waals surface area contributed by atoms with Crippen molar-refractivity contribution in [1.82, 2.24) is 25.7 Å². The molecule has 1 amide bonds. The minimum absolute atomic E-state index is 0.243. The highest BCUT2D eigenvalue weighted by Crippen LogP contribution is 2.04. The molecule has 8 nitrogen and oxygen atoms in total. The molecule has 0 unspecified atom stereocenters. The quantitative estimate of drug-likeness (QED) is 0.341. The van der Waals surface area contributed by atoms with E-state index in [0.29, 0.717) is 0 Å². The standard InChI is InChI=1S/C19H21N7O/c27-19(18-13-20-11-12-21-18)26(14-22-24-16-7-3-1-4-8-16)15-23-25-17-9-5-2-6-10-17/h1-13,22-25H,14-15H2. The van der Waals surface area contributed by atoms with E-state index in [0.717, 1.165) is 11.4 Å². The zero-order chi connectivity index (χ0) is 18.7. The highest BCUT2D eigenvalue weighted by atomic mass is 16.2. The van der Waals surface area contributed by atoms with E-state index in [1.165, 1.54) is 18.6 Å². The van der Waals surface area contributed by atoms with Gasteiger partial charge in [0.1, 0.15) is 5.69 Å². The molecular weight excluding hydrogens is 342 g/mol. The summed E-state index contributed by atoms with van der Waals surface area (Å²) in [7, 11) is 0. The van der Waals surface area contributed by atoms with Crippen LogP contribution in [0.4, 0.5) is 11.4 Å². The van der Waals surface area contributed by atoms with Gasteiger partial charge >= 0.3 is 0 Å². The Kier molecular flexibility index (Phi) is 6.68. The predicted molar refractivity (Wildman–Crippen MR) is 104 cm³/mol. The van der Waals surface area contributed by atoms with Crippen molar-refractivity contribution in [2.45, 2.75) is 0 Å². The number of hydrogen-bond donors (Lipinski definition) is 4. The number of para-hydroxylation sites is 2. The number of anilines is 2. The zero-order valence-corrected chi connectivity index (χ0v) is 14.7. The molecule has 0 fully saturated rings. The van der Waals surface area contributed by atoms with Gasteiger partial charge in [-0.3, -0.25) is 9.78 Å². The molecule has 0 atom stereocenters. The number of amides is 1. The van der Waals surface area contributed by atoms with Gasteiger partial charge in [0.25, 0.3) is 5.91 Å². The molecule has 3 aromatic rings. The van der Waals surface area contributed by atoms with Crippen molar-refractivity contribution in [3.8, 4) is 0 Å². The second kappa shape index (κ2) is 9.85. The summed E-state index contributed by atoms with van der Waals surface area (Å²) in [5.74, 6) is -0.243. The third-order valence-corrected chi connectivity index (χ3v) is 3.62. The van der Waals surface area contributed by atoms with Crippen LogP contribution in [-0.4, -0.2) is 34.1 Å². The first kappa shape index (κ1) is 18.3. The fraction of sp³-hybridized carbons (Fsp3) is 0.105. The summed E-state index contributed by atoms with van der Waals surface area (Å²) in [6.45, 7) is 0.515. The Morgan fingerprint density at radius 2 is 1.37 bits per heavy atom. The monoisotopic (exact) mass is 363 g/mol. The Balaban J connectivity index is 1.58. The Labute approximate surface area is 157 Å². The maximum Gasteiger partial charge on any atom is 0.276 e. The van der Waals surface area contributed by atoms with Crippen molar-refractivity contribution < 1.29 is 4.79 Å². The highest BCUT2D eigenvalue weighted by molar-refractivity contribution is 5.91. The van der Waals surface area contributed by atoms with Crippen molar-refractivity contribution in [3.63, 3.8) is 0 Å². The van der Waals surface area contributed by atoms with Gasteiger partial charge < -0.3 is 15.8 Å². The SMILES string of the molecule is O=C(c1cnccn1)N(CNNc1ccccc1)CNNc1ccccc1. The van der Waals surface area contributed by atoms with Crippen LogP contribution in [0.5, 0.6) is 0 Å². The average Bonchev–Trinajstić information content (AvgIpc) is 2.74. The van der Waals surface area contributed by atoms with Gasteiger partial charge in [-0.05, 0) is 24.3 Å². The van der Waals surface area contributed by atoms with Crippen LogP contribution in [0.25, 0.3) is 0 Å². The van der Waals surface area contributed by atoms with Crippen molar-refractivity contribution in [1.29, 1.82) is 0 Å². The molecule has 0 spiro atoms. The smallest absolute Gasteiger partial charge is 0.276 e. The van der Waals surface area contributed by atoms with Gasteiger partial charge in [0.15, 0.2) is 0 Å². The molecule has 8 heteroatoms. The molecule has 1 heterocycles. The van der Waals surface area contributed by atoms with Crippen LogP contribution in [0, 0.1) is 0 Å². The van der Waals surface area contributed by atoms with Gasteiger partial charge in [0.2, 0.25) is 0 Å². The molecule has 2 aromatic carbocycles. The van der Waals surface area contributed by atoms with E-state index in [1.54, 1.807) is 4.90 Å². The van der Waals surface area contributed by atoms with Crippen LogP contribution in [0.15, 0.2) is 79.3 Å². The molecule has 0 aliphatic carbocycles. The van der Waals surface area contributed by atoms with Crippen molar-refractivity contribution in [2.75, 3.05) is 24.2 Å². The summed E-state index contributed by atoms with van der Waals surface area (Å²) in [5, 5.41) is 0. The number of carbonyl (C=O) groups excluding carboxylic acids is 1. The molecule has 4 N–H and O–H groups in total. The average molecular weight is 363 g/mol. The minimum atomic E-state index is -0.243. The molecule has 0 saturated carbocycles. The largest absolute Gasteiger partial charge is 0.320 e. The number of rotatable bonds is 9. The number of nitrogens with one attached hydrogen (secondary N) is 4. The van der Waals surface area contributed by atoms with E-state index in [9.17, 15) is 4.79 Å². The molecule has 0 saturated heterocycles. The lowest BCUT2D eigenvalue weighted by Gasteiger charge is -2.24. The van der Waals surface area contributed by atoms with E-state index in [2.05, 4.69) is 31.7 Å². The Morgan fingerprint density at radius 3 is 1.85 bits per heavy atom. The molecule has 27 heavy (non-hydrogen) atoms. The van der Waals surface area contributed by atoms with E-state index in [4.69, 9.17) is 0 Å². The van der Waals surface area contributed by atoms with Crippen molar-refractivity contribution in [2.24, 2.45) is 0 Å². The van der Waals surface area contributed by atoms with Gasteiger partial charge in [-0.15, -0.1) is 0 Å². The highest BCUT2D eigenvalue weighted by Gasteiger charge is 2.16. The van der Waals surface area contributed by atoms with E-state index in [-0.39, 0.29) is 24.9 Å². The maximum absolute atomic E-state index is 12.7. The fourth-order valence-corrected chi connectivity index (χ4v) is 2.29. The second-order valence-corrected chi connectivity index (χ2v) is 5.59. The third kappa shape index (κ3) is 5.77. The topological polar surface area (TPSA) is 94.2 Å². The van der Waals surface area contributed by atoms with E-state index < -0.39 is 0 Å². The first-order valence-corrected chi connectivity index (χ1v) is 8.46. The summed E-state index contributed by atoms with van der Waals surface area (Å²) in [5.41, 5.74) is 14.3. The normalized spacial score (nSPS) is 10.2. The number of aromatic nitrogens is 2. The third-order valence-electron chi connectivity index (χ3n) is 3.62. The van der Waals surface area contributed by atoms with Gasteiger partial charge in [-0.2, -0.15) is 0 Å². The van der Waals surface area contributed by atoms with Crippen LogP contribution in [0.3, 0.4) is 0 Å². The summed E-state index contributed by atoms with van der Waals surface area (Å²) < 4.78 is 0. The first-order valence-electron chi connectivity index (χ1n) is 8.46.